The molecule has 4 rings (SSSR count). The minimum absolute atomic E-state index is 0.101. The molecular formula is C18H22N4O4. The van der Waals surface area contributed by atoms with Gasteiger partial charge in [0, 0.05) is 44.0 Å². The summed E-state index contributed by atoms with van der Waals surface area (Å²) in [7, 11) is 0. The van der Waals surface area contributed by atoms with Crippen molar-refractivity contribution in [1.29, 1.82) is 0 Å². The van der Waals surface area contributed by atoms with E-state index in [-0.39, 0.29) is 40.9 Å². The number of rotatable bonds is 3. The molecular weight excluding hydrogens is 336 g/mol. The van der Waals surface area contributed by atoms with Crippen LogP contribution in [-0.4, -0.2) is 56.6 Å². The fourth-order valence-corrected chi connectivity index (χ4v) is 3.80. The molecule has 2 aliphatic heterocycles. The van der Waals surface area contributed by atoms with E-state index < -0.39 is 0 Å². The molecule has 2 saturated heterocycles. The zero-order valence-electron chi connectivity index (χ0n) is 14.6. The largest absolute Gasteiger partial charge is 0.337 e. The molecule has 8 heteroatoms. The van der Waals surface area contributed by atoms with Gasteiger partial charge >= 0.3 is 0 Å². The topological polar surface area (TPSA) is 103 Å². The number of piperidine rings is 2. The number of H-pyrrole nitrogens is 1. The van der Waals surface area contributed by atoms with Crippen molar-refractivity contribution in [3.05, 3.63) is 27.9 Å². The van der Waals surface area contributed by atoms with E-state index in [1.54, 1.807) is 4.90 Å². The number of carbonyl (C=O) groups excluding carboxylic acids is 3. The first-order valence-corrected chi connectivity index (χ1v) is 9.28. The number of likely N-dealkylation sites (tertiary alicyclic amines) is 2. The molecule has 0 aromatic carbocycles. The highest BCUT2D eigenvalue weighted by Crippen LogP contribution is 2.37. The minimum Gasteiger partial charge on any atom is -0.337 e. The van der Waals surface area contributed by atoms with Crippen LogP contribution in [0.1, 0.15) is 67.2 Å². The summed E-state index contributed by atoms with van der Waals surface area (Å²) in [6.45, 7) is 0.904. The van der Waals surface area contributed by atoms with Crippen molar-refractivity contribution in [3.63, 3.8) is 0 Å². The van der Waals surface area contributed by atoms with Crippen molar-refractivity contribution >= 4 is 17.7 Å². The summed E-state index contributed by atoms with van der Waals surface area (Å²) in [5.41, 5.74) is -0.121. The minimum atomic E-state index is -0.301. The van der Waals surface area contributed by atoms with Crippen LogP contribution in [0, 0.1) is 0 Å². The van der Waals surface area contributed by atoms with Crippen LogP contribution < -0.4 is 5.56 Å². The van der Waals surface area contributed by atoms with Gasteiger partial charge in [0.1, 0.15) is 11.5 Å². The van der Waals surface area contributed by atoms with E-state index in [9.17, 15) is 19.2 Å². The lowest BCUT2D eigenvalue weighted by Gasteiger charge is -2.38. The highest BCUT2D eigenvalue weighted by Gasteiger charge is 2.36. The fraction of sp³-hybridized carbons (Fsp3) is 0.611. The molecule has 1 aliphatic carbocycles. The van der Waals surface area contributed by atoms with E-state index in [4.69, 9.17) is 0 Å². The van der Waals surface area contributed by atoms with Gasteiger partial charge < -0.3 is 9.88 Å². The Morgan fingerprint density at radius 1 is 1.04 bits per heavy atom. The Morgan fingerprint density at radius 2 is 1.69 bits per heavy atom. The van der Waals surface area contributed by atoms with E-state index >= 15 is 0 Å². The second kappa shape index (κ2) is 6.66. The number of imide groups is 1. The molecule has 26 heavy (non-hydrogen) atoms. The number of hydrogen-bond donors (Lipinski definition) is 1. The van der Waals surface area contributed by atoms with E-state index in [1.165, 1.54) is 11.0 Å². The lowest BCUT2D eigenvalue weighted by molar-refractivity contribution is -0.151. The first kappa shape index (κ1) is 16.9. The summed E-state index contributed by atoms with van der Waals surface area (Å²) in [6.07, 6.45) is 4.59. The number of nitrogens with zero attached hydrogens (tertiary/aromatic N) is 3. The predicted octanol–water partition coefficient (Wildman–Crippen LogP) is 0.791. The Kier molecular flexibility index (Phi) is 4.34. The molecule has 3 amide bonds. The van der Waals surface area contributed by atoms with Crippen molar-refractivity contribution < 1.29 is 14.4 Å². The third-order valence-corrected chi connectivity index (χ3v) is 5.38. The summed E-state index contributed by atoms with van der Waals surface area (Å²) >= 11 is 0. The molecule has 0 atom stereocenters. The molecule has 1 saturated carbocycles. The third kappa shape index (κ3) is 3.27. The third-order valence-electron chi connectivity index (χ3n) is 5.38. The summed E-state index contributed by atoms with van der Waals surface area (Å²) in [6, 6.07) is 1.12. The van der Waals surface area contributed by atoms with Crippen LogP contribution in [0.4, 0.5) is 0 Å². The lowest BCUT2D eigenvalue weighted by Crippen LogP contribution is -2.52. The van der Waals surface area contributed by atoms with Gasteiger partial charge in [0.2, 0.25) is 11.8 Å². The molecule has 138 valence electrons. The van der Waals surface area contributed by atoms with Gasteiger partial charge in [0.15, 0.2) is 0 Å². The summed E-state index contributed by atoms with van der Waals surface area (Å²) in [4.78, 5) is 58.8. The van der Waals surface area contributed by atoms with Gasteiger partial charge in [-0.1, -0.05) is 0 Å². The summed E-state index contributed by atoms with van der Waals surface area (Å²) < 4.78 is 0. The standard InChI is InChI=1S/C18H22N4O4/c23-14-10-13(19-17(20-14)11-4-5-11)18(26)21-8-6-12(7-9-21)22-15(24)2-1-3-16(22)25/h10-12H,1-9H2,(H,19,20,23). The zero-order valence-corrected chi connectivity index (χ0v) is 14.6. The van der Waals surface area contributed by atoms with Crippen LogP contribution >= 0.6 is 0 Å². The maximum Gasteiger partial charge on any atom is 0.272 e. The Morgan fingerprint density at radius 3 is 2.31 bits per heavy atom. The van der Waals surface area contributed by atoms with Crippen molar-refractivity contribution in [2.24, 2.45) is 0 Å². The van der Waals surface area contributed by atoms with Crippen LogP contribution in [0.3, 0.4) is 0 Å². The van der Waals surface area contributed by atoms with E-state index in [0.717, 1.165) is 12.8 Å². The molecule has 1 aromatic heterocycles. The molecule has 1 N–H and O–H groups in total. The second-order valence-corrected chi connectivity index (χ2v) is 7.32. The SMILES string of the molecule is O=C(c1cc(=O)[nH]c(C2CC2)n1)N1CCC(N2C(=O)CCCC2=O)CC1. The highest BCUT2D eigenvalue weighted by molar-refractivity contribution is 5.98. The van der Waals surface area contributed by atoms with Crippen LogP contribution in [-0.2, 0) is 9.59 Å². The summed E-state index contributed by atoms with van der Waals surface area (Å²) in [5.74, 6) is 0.401. The van der Waals surface area contributed by atoms with Gasteiger partial charge in [0.05, 0.1) is 0 Å². The van der Waals surface area contributed by atoms with E-state index in [1.807, 2.05) is 0 Å². The van der Waals surface area contributed by atoms with E-state index in [0.29, 0.717) is 51.0 Å². The van der Waals surface area contributed by atoms with Crippen LogP contribution in [0.5, 0.6) is 0 Å². The first-order valence-electron chi connectivity index (χ1n) is 9.28. The van der Waals surface area contributed by atoms with E-state index in [2.05, 4.69) is 9.97 Å². The van der Waals surface area contributed by atoms with Gasteiger partial charge in [-0.15, -0.1) is 0 Å². The molecule has 3 heterocycles. The Bertz CT molecular complexity index is 790. The fourth-order valence-electron chi connectivity index (χ4n) is 3.80. The van der Waals surface area contributed by atoms with Crippen LogP contribution in [0.2, 0.25) is 0 Å². The normalized spacial score (nSPS) is 22.0. The number of carbonyl (C=O) groups is 3. The van der Waals surface area contributed by atoms with Crippen LogP contribution in [0.15, 0.2) is 10.9 Å². The highest BCUT2D eigenvalue weighted by atomic mass is 16.2. The average molecular weight is 358 g/mol. The maximum atomic E-state index is 12.7. The molecule has 1 aromatic rings. The van der Waals surface area contributed by atoms with Crippen molar-refractivity contribution in [2.45, 2.75) is 56.9 Å². The average Bonchev–Trinajstić information content (AvgIpc) is 3.46. The number of aromatic nitrogens is 2. The van der Waals surface area contributed by atoms with Crippen molar-refractivity contribution in [2.75, 3.05) is 13.1 Å². The van der Waals surface area contributed by atoms with Gasteiger partial charge in [-0.2, -0.15) is 0 Å². The number of hydrogen-bond acceptors (Lipinski definition) is 5. The van der Waals surface area contributed by atoms with Gasteiger partial charge in [-0.25, -0.2) is 4.98 Å². The smallest absolute Gasteiger partial charge is 0.272 e. The molecule has 8 nitrogen and oxygen atoms in total. The summed E-state index contributed by atoms with van der Waals surface area (Å²) in [5, 5.41) is 0. The van der Waals surface area contributed by atoms with Crippen LogP contribution in [0.25, 0.3) is 0 Å². The maximum absolute atomic E-state index is 12.7. The van der Waals surface area contributed by atoms with Gasteiger partial charge in [0.25, 0.3) is 11.5 Å². The van der Waals surface area contributed by atoms with Gasteiger partial charge in [-0.05, 0) is 32.1 Å². The molecule has 0 bridgehead atoms. The van der Waals surface area contributed by atoms with Gasteiger partial charge in [-0.3, -0.25) is 24.1 Å². The first-order chi connectivity index (χ1) is 12.5. The molecule has 0 unspecified atom stereocenters. The quantitative estimate of drug-likeness (QED) is 0.805. The monoisotopic (exact) mass is 358 g/mol. The molecule has 3 fully saturated rings. The number of amides is 3. The Labute approximate surface area is 150 Å². The Balaban J connectivity index is 1.43. The second-order valence-electron chi connectivity index (χ2n) is 7.32. The van der Waals surface area contributed by atoms with Crippen molar-refractivity contribution in [3.8, 4) is 0 Å². The van der Waals surface area contributed by atoms with Crippen molar-refractivity contribution in [1.82, 2.24) is 19.8 Å². The zero-order chi connectivity index (χ0) is 18.3. The Hall–Kier alpha value is -2.51. The number of nitrogens with one attached hydrogen (secondary N) is 1. The predicted molar refractivity (Wildman–Crippen MR) is 91.5 cm³/mol. The lowest BCUT2D eigenvalue weighted by atomic mass is 9.99. The molecule has 0 spiro atoms. The molecule has 3 aliphatic rings. The molecule has 0 radical (unpaired) electrons. The number of aromatic amines is 1.